The van der Waals surface area contributed by atoms with Crippen molar-refractivity contribution in [3.05, 3.63) is 53.5 Å². The molecule has 0 aliphatic heterocycles. The summed E-state index contributed by atoms with van der Waals surface area (Å²) in [6.45, 7) is 0. The number of allylic oxidation sites excluding steroid dienone is 2. The number of rotatable bonds is 4. The van der Waals surface area contributed by atoms with Crippen LogP contribution in [0.4, 0.5) is 0 Å². The Morgan fingerprint density at radius 1 is 1.12 bits per heavy atom. The summed E-state index contributed by atoms with van der Waals surface area (Å²) in [7, 11) is -4.95. The van der Waals surface area contributed by atoms with Gasteiger partial charge in [-0.3, -0.25) is 0 Å². The summed E-state index contributed by atoms with van der Waals surface area (Å²) in [4.78, 5) is 17.9. The van der Waals surface area contributed by atoms with E-state index in [-0.39, 0.29) is 5.75 Å². The highest BCUT2D eigenvalue weighted by Gasteiger charge is 2.43. The number of hydrogen-bond donors (Lipinski definition) is 7. The van der Waals surface area contributed by atoms with Crippen LogP contribution < -0.4 is 0 Å². The first-order valence-corrected chi connectivity index (χ1v) is 8.24. The molecule has 10 heteroatoms. The van der Waals surface area contributed by atoms with Gasteiger partial charge < -0.3 is 35.3 Å². The van der Waals surface area contributed by atoms with Crippen molar-refractivity contribution >= 4 is 13.5 Å². The second kappa shape index (κ2) is 6.39. The highest BCUT2D eigenvalue weighted by molar-refractivity contribution is 7.50. The SMILES string of the molecule is O=P(O)(O)/N=C1\C=C(O)C=C(O)C1C(O)(O)Cc1cccc(O)c1. The Balaban J connectivity index is 2.43. The first-order chi connectivity index (χ1) is 11.0. The number of hydrogen-bond acceptors (Lipinski definition) is 6. The molecule has 0 amide bonds. The van der Waals surface area contributed by atoms with Crippen molar-refractivity contribution in [2.24, 2.45) is 10.7 Å². The van der Waals surface area contributed by atoms with Crippen LogP contribution in [0.25, 0.3) is 0 Å². The lowest BCUT2D eigenvalue weighted by molar-refractivity contribution is -0.179. The first kappa shape index (κ1) is 18.2. The molecule has 1 unspecified atom stereocenters. The minimum Gasteiger partial charge on any atom is -0.511 e. The third kappa shape index (κ3) is 4.44. The summed E-state index contributed by atoms with van der Waals surface area (Å²) >= 11 is 0. The van der Waals surface area contributed by atoms with Crippen LogP contribution >= 0.6 is 7.75 Å². The van der Waals surface area contributed by atoms with Crippen LogP contribution in [0.15, 0.2) is 52.7 Å². The summed E-state index contributed by atoms with van der Waals surface area (Å²) in [6, 6.07) is 5.59. The predicted molar refractivity (Wildman–Crippen MR) is 83.4 cm³/mol. The molecule has 0 bridgehead atoms. The van der Waals surface area contributed by atoms with E-state index in [1.54, 1.807) is 0 Å². The summed E-state index contributed by atoms with van der Waals surface area (Å²) < 4.78 is 14.1. The standard InChI is InChI=1S/C14H16NO8P/c16-9-3-1-2-8(4-9)7-14(19,20)13-11(15-24(21,22)23)5-10(17)6-12(13)18/h1-6,13,16-20H,7H2,(H2,21,22,23)/b15-11+. The molecule has 1 atom stereocenters. The predicted octanol–water partition coefficient (Wildman–Crippen LogP) is 0.663. The molecule has 24 heavy (non-hydrogen) atoms. The molecule has 0 heterocycles. The third-order valence-corrected chi connectivity index (χ3v) is 3.76. The maximum Gasteiger partial charge on any atom is 0.448 e. The van der Waals surface area contributed by atoms with Gasteiger partial charge >= 0.3 is 7.75 Å². The largest absolute Gasteiger partial charge is 0.511 e. The first-order valence-electron chi connectivity index (χ1n) is 6.67. The lowest BCUT2D eigenvalue weighted by atomic mass is 9.84. The fraction of sp³-hybridized carbons (Fsp3) is 0.214. The number of aliphatic hydroxyl groups is 4. The maximum absolute atomic E-state index is 11.1. The van der Waals surface area contributed by atoms with Crippen molar-refractivity contribution in [2.45, 2.75) is 12.2 Å². The Labute approximate surface area is 136 Å². The van der Waals surface area contributed by atoms with E-state index in [1.807, 2.05) is 0 Å². The van der Waals surface area contributed by atoms with Crippen LogP contribution in [0, 0.1) is 5.92 Å². The molecule has 9 nitrogen and oxygen atoms in total. The second-order valence-electron chi connectivity index (χ2n) is 5.33. The molecule has 1 aromatic rings. The number of phenols is 1. The number of phenolic OH excluding ortho intramolecular Hbond substituents is 1. The summed E-state index contributed by atoms with van der Waals surface area (Å²) in [6.07, 6.45) is 1.14. The Bertz CT molecular complexity index is 777. The molecule has 1 aliphatic carbocycles. The van der Waals surface area contributed by atoms with Gasteiger partial charge in [-0.05, 0) is 17.7 Å². The van der Waals surface area contributed by atoms with Crippen LogP contribution in [-0.4, -0.2) is 46.8 Å². The lowest BCUT2D eigenvalue weighted by Crippen LogP contribution is -2.46. The molecule has 0 aromatic heterocycles. The Morgan fingerprint density at radius 3 is 2.38 bits per heavy atom. The zero-order valence-electron chi connectivity index (χ0n) is 12.2. The smallest absolute Gasteiger partial charge is 0.448 e. The molecule has 0 radical (unpaired) electrons. The molecular weight excluding hydrogens is 341 g/mol. The molecule has 1 aliphatic rings. The number of benzene rings is 1. The van der Waals surface area contributed by atoms with Crippen molar-refractivity contribution < 1.29 is 39.9 Å². The fourth-order valence-corrected chi connectivity index (χ4v) is 2.92. The van der Waals surface area contributed by atoms with E-state index in [9.17, 15) is 30.1 Å². The van der Waals surface area contributed by atoms with E-state index in [0.29, 0.717) is 5.56 Å². The molecule has 0 spiro atoms. The molecular formula is C14H16NO8P. The van der Waals surface area contributed by atoms with Gasteiger partial charge in [0, 0.05) is 18.6 Å². The summed E-state index contributed by atoms with van der Waals surface area (Å²) in [5.41, 5.74) is -0.298. The van der Waals surface area contributed by atoms with Crippen LogP contribution in [-0.2, 0) is 11.0 Å². The van der Waals surface area contributed by atoms with Gasteiger partial charge in [-0.25, -0.2) is 4.57 Å². The molecule has 7 N–H and O–H groups in total. The van der Waals surface area contributed by atoms with E-state index >= 15 is 0 Å². The zero-order valence-corrected chi connectivity index (χ0v) is 13.1. The topological polar surface area (TPSA) is 171 Å². The van der Waals surface area contributed by atoms with E-state index < -0.39 is 43.1 Å². The van der Waals surface area contributed by atoms with Gasteiger partial charge in [-0.1, -0.05) is 12.1 Å². The molecule has 0 fully saturated rings. The van der Waals surface area contributed by atoms with Gasteiger partial charge in [0.05, 0.1) is 5.71 Å². The van der Waals surface area contributed by atoms with Crippen molar-refractivity contribution in [2.75, 3.05) is 0 Å². The number of nitrogens with zero attached hydrogens (tertiary/aromatic N) is 1. The van der Waals surface area contributed by atoms with E-state index in [2.05, 4.69) is 4.76 Å². The Kier molecular flexibility index (Phi) is 4.84. The second-order valence-corrected chi connectivity index (χ2v) is 6.56. The summed E-state index contributed by atoms with van der Waals surface area (Å²) in [5, 5.41) is 49.5. The van der Waals surface area contributed by atoms with Crippen molar-refractivity contribution in [3.63, 3.8) is 0 Å². The average molecular weight is 357 g/mol. The highest BCUT2D eigenvalue weighted by atomic mass is 31.2. The molecule has 0 saturated carbocycles. The average Bonchev–Trinajstić information content (AvgIpc) is 2.34. The Hall–Kier alpha value is -2.16. The van der Waals surface area contributed by atoms with Gasteiger partial charge in [0.15, 0.2) is 5.79 Å². The minimum atomic E-state index is -4.95. The van der Waals surface area contributed by atoms with Gasteiger partial charge in [0.2, 0.25) is 0 Å². The van der Waals surface area contributed by atoms with Crippen LogP contribution in [0.2, 0.25) is 0 Å². The van der Waals surface area contributed by atoms with Gasteiger partial charge in [-0.15, -0.1) is 0 Å². The van der Waals surface area contributed by atoms with Gasteiger partial charge in [0.1, 0.15) is 23.2 Å². The molecule has 0 saturated heterocycles. The van der Waals surface area contributed by atoms with Crippen molar-refractivity contribution in [1.29, 1.82) is 0 Å². The van der Waals surface area contributed by atoms with Crippen molar-refractivity contribution in [3.8, 4) is 5.75 Å². The van der Waals surface area contributed by atoms with E-state index in [0.717, 1.165) is 12.2 Å². The highest BCUT2D eigenvalue weighted by Crippen LogP contribution is 2.40. The molecule has 130 valence electrons. The number of aromatic hydroxyl groups is 1. The number of aliphatic hydroxyl groups excluding tert-OH is 2. The van der Waals surface area contributed by atoms with E-state index in [4.69, 9.17) is 9.79 Å². The van der Waals surface area contributed by atoms with Crippen molar-refractivity contribution in [1.82, 2.24) is 0 Å². The third-order valence-electron chi connectivity index (χ3n) is 3.27. The molecule has 1 aromatic carbocycles. The summed E-state index contributed by atoms with van der Waals surface area (Å²) in [5.74, 6) is -5.80. The zero-order chi connectivity index (χ0) is 18.1. The van der Waals surface area contributed by atoms with Gasteiger partial charge in [0.25, 0.3) is 0 Å². The Morgan fingerprint density at radius 2 is 1.79 bits per heavy atom. The van der Waals surface area contributed by atoms with E-state index in [1.165, 1.54) is 24.3 Å². The lowest BCUT2D eigenvalue weighted by Gasteiger charge is -2.32. The fourth-order valence-electron chi connectivity index (χ4n) is 2.44. The van der Waals surface area contributed by atoms with Crippen LogP contribution in [0.3, 0.4) is 0 Å². The van der Waals surface area contributed by atoms with Gasteiger partial charge in [-0.2, -0.15) is 4.76 Å². The monoisotopic (exact) mass is 357 g/mol. The maximum atomic E-state index is 11.1. The molecule has 2 rings (SSSR count). The normalized spacial score (nSPS) is 20.7. The van der Waals surface area contributed by atoms with Crippen LogP contribution in [0.5, 0.6) is 5.75 Å². The quantitative estimate of drug-likeness (QED) is 0.304. The van der Waals surface area contributed by atoms with Crippen LogP contribution in [0.1, 0.15) is 5.56 Å². The minimum absolute atomic E-state index is 0.117.